The topological polar surface area (TPSA) is 79.9 Å². The van der Waals surface area contributed by atoms with E-state index >= 15 is 0 Å². The number of imidazole rings is 1. The molecule has 2 rings (SSSR count). The van der Waals surface area contributed by atoms with Gasteiger partial charge in [0.2, 0.25) is 0 Å². The molecule has 6 nitrogen and oxygen atoms in total. The predicted octanol–water partition coefficient (Wildman–Crippen LogP) is 1.96. The molecule has 18 heavy (non-hydrogen) atoms. The zero-order chi connectivity index (χ0) is 13.0. The zero-order valence-corrected chi connectivity index (χ0v) is 11.0. The van der Waals surface area contributed by atoms with E-state index in [1.54, 1.807) is 19.4 Å². The lowest BCUT2D eigenvalue weighted by Crippen LogP contribution is -2.07. The van der Waals surface area contributed by atoms with Gasteiger partial charge in [-0.05, 0) is 13.8 Å². The maximum atomic E-state index is 11.6. The summed E-state index contributed by atoms with van der Waals surface area (Å²) in [5.74, 6) is -0.374. The minimum atomic E-state index is -0.374. The second-order valence-corrected chi connectivity index (χ2v) is 4.78. The number of carbonyl (C=O) groups excluding carboxylic acids is 1. The molecule has 0 atom stereocenters. The summed E-state index contributed by atoms with van der Waals surface area (Å²) in [6.07, 6.45) is 3.36. The van der Waals surface area contributed by atoms with E-state index in [9.17, 15) is 4.79 Å². The molecule has 0 radical (unpaired) electrons. The summed E-state index contributed by atoms with van der Waals surface area (Å²) < 4.78 is 4.93. The Bertz CT molecular complexity index is 521. The summed E-state index contributed by atoms with van der Waals surface area (Å²) in [6, 6.07) is 0. The fourth-order valence-electron chi connectivity index (χ4n) is 1.41. The van der Waals surface area contributed by atoms with Crippen molar-refractivity contribution in [2.75, 3.05) is 11.9 Å². The number of aromatic nitrogens is 3. The van der Waals surface area contributed by atoms with E-state index in [1.807, 2.05) is 6.92 Å². The largest absolute Gasteiger partial charge is 0.461 e. The van der Waals surface area contributed by atoms with Crippen molar-refractivity contribution in [1.82, 2.24) is 15.0 Å². The fourth-order valence-corrected chi connectivity index (χ4v) is 2.21. The van der Waals surface area contributed by atoms with Gasteiger partial charge in [0.1, 0.15) is 0 Å². The number of carbonyl (C=O) groups is 1. The molecule has 0 aliphatic rings. The number of ether oxygens (including phenoxy) is 1. The number of aromatic amines is 1. The zero-order valence-electron chi connectivity index (χ0n) is 10.2. The maximum absolute atomic E-state index is 11.6. The van der Waals surface area contributed by atoms with Crippen molar-refractivity contribution in [3.05, 3.63) is 28.8 Å². The quantitative estimate of drug-likeness (QED) is 0.809. The molecule has 2 heterocycles. The highest BCUT2D eigenvalue weighted by Gasteiger charge is 2.16. The van der Waals surface area contributed by atoms with E-state index in [0.717, 1.165) is 10.6 Å². The molecule has 0 bridgehead atoms. The second-order valence-electron chi connectivity index (χ2n) is 3.57. The molecule has 0 aliphatic heterocycles. The number of esters is 1. The Morgan fingerprint density at radius 1 is 1.61 bits per heavy atom. The van der Waals surface area contributed by atoms with Gasteiger partial charge in [-0.2, -0.15) is 0 Å². The average molecular weight is 266 g/mol. The van der Waals surface area contributed by atoms with Gasteiger partial charge < -0.3 is 15.0 Å². The molecule has 0 aliphatic carbocycles. The Balaban J connectivity index is 2.02. The lowest BCUT2D eigenvalue weighted by Gasteiger charge is -1.99. The molecule has 2 aromatic rings. The lowest BCUT2D eigenvalue weighted by molar-refractivity contribution is 0.0519. The first-order valence-corrected chi connectivity index (χ1v) is 6.38. The van der Waals surface area contributed by atoms with Crippen LogP contribution in [0.3, 0.4) is 0 Å². The van der Waals surface area contributed by atoms with Gasteiger partial charge in [-0.3, -0.25) is 0 Å². The first kappa shape index (κ1) is 12.6. The number of anilines is 1. The Kier molecular flexibility index (Phi) is 3.93. The van der Waals surface area contributed by atoms with Gasteiger partial charge >= 0.3 is 5.97 Å². The summed E-state index contributed by atoms with van der Waals surface area (Å²) in [4.78, 5) is 23.6. The van der Waals surface area contributed by atoms with Crippen molar-refractivity contribution in [2.45, 2.75) is 20.4 Å². The van der Waals surface area contributed by atoms with Gasteiger partial charge in [0, 0.05) is 11.1 Å². The van der Waals surface area contributed by atoms with Crippen LogP contribution in [0.5, 0.6) is 0 Å². The third-order valence-corrected chi connectivity index (χ3v) is 3.18. The first-order chi connectivity index (χ1) is 8.70. The molecule has 7 heteroatoms. The van der Waals surface area contributed by atoms with Crippen molar-refractivity contribution in [2.24, 2.45) is 0 Å². The van der Waals surface area contributed by atoms with Gasteiger partial charge in [-0.15, -0.1) is 11.3 Å². The standard InChI is InChI=1S/C11H14N4O2S/c1-3-17-10(16)9-7(2)18-11(15-9)13-5-8-4-12-6-14-8/h4,6H,3,5H2,1-2H3,(H,12,14)(H,13,15). The van der Waals surface area contributed by atoms with E-state index in [0.29, 0.717) is 24.0 Å². The lowest BCUT2D eigenvalue weighted by atomic mass is 10.4. The molecule has 0 aromatic carbocycles. The van der Waals surface area contributed by atoms with E-state index in [4.69, 9.17) is 4.74 Å². The van der Waals surface area contributed by atoms with Crippen molar-refractivity contribution >= 4 is 22.4 Å². The number of H-pyrrole nitrogens is 1. The summed E-state index contributed by atoms with van der Waals surface area (Å²) in [7, 11) is 0. The van der Waals surface area contributed by atoms with Crippen molar-refractivity contribution < 1.29 is 9.53 Å². The van der Waals surface area contributed by atoms with Crippen molar-refractivity contribution in [1.29, 1.82) is 0 Å². The second kappa shape index (κ2) is 5.63. The Hall–Kier alpha value is -1.89. The van der Waals surface area contributed by atoms with Gasteiger partial charge in [0.15, 0.2) is 10.8 Å². The molecule has 0 spiro atoms. The van der Waals surface area contributed by atoms with Crippen LogP contribution >= 0.6 is 11.3 Å². The van der Waals surface area contributed by atoms with Crippen LogP contribution in [0.4, 0.5) is 5.13 Å². The van der Waals surface area contributed by atoms with Gasteiger partial charge in [0.25, 0.3) is 0 Å². The Labute approximate surface area is 108 Å². The average Bonchev–Trinajstić information content (AvgIpc) is 2.96. The molecule has 0 unspecified atom stereocenters. The first-order valence-electron chi connectivity index (χ1n) is 5.56. The Morgan fingerprint density at radius 3 is 3.11 bits per heavy atom. The summed E-state index contributed by atoms with van der Waals surface area (Å²) in [5.41, 5.74) is 1.34. The van der Waals surface area contributed by atoms with Crippen molar-refractivity contribution in [3.63, 3.8) is 0 Å². The number of hydrogen-bond acceptors (Lipinski definition) is 6. The van der Waals surface area contributed by atoms with E-state index in [2.05, 4.69) is 20.3 Å². The van der Waals surface area contributed by atoms with E-state index < -0.39 is 0 Å². The third kappa shape index (κ3) is 2.86. The number of hydrogen-bond donors (Lipinski definition) is 2. The smallest absolute Gasteiger partial charge is 0.358 e. The highest BCUT2D eigenvalue weighted by molar-refractivity contribution is 7.15. The van der Waals surface area contributed by atoms with Gasteiger partial charge in [0.05, 0.1) is 25.2 Å². The summed E-state index contributed by atoms with van der Waals surface area (Å²) >= 11 is 1.43. The molecule has 2 N–H and O–H groups in total. The van der Waals surface area contributed by atoms with Crippen LogP contribution in [-0.2, 0) is 11.3 Å². The summed E-state index contributed by atoms with van der Waals surface area (Å²) in [5, 5.41) is 3.83. The molecular weight excluding hydrogens is 252 g/mol. The number of rotatable bonds is 5. The molecule has 96 valence electrons. The van der Waals surface area contributed by atoms with Crippen LogP contribution in [0.2, 0.25) is 0 Å². The minimum absolute atomic E-state index is 0.354. The fraction of sp³-hybridized carbons (Fsp3) is 0.364. The van der Waals surface area contributed by atoms with Crippen LogP contribution in [0.15, 0.2) is 12.5 Å². The highest BCUT2D eigenvalue weighted by atomic mass is 32.1. The number of nitrogens with zero attached hydrogens (tertiary/aromatic N) is 2. The van der Waals surface area contributed by atoms with Crippen LogP contribution in [-0.4, -0.2) is 27.5 Å². The van der Waals surface area contributed by atoms with Crippen molar-refractivity contribution in [3.8, 4) is 0 Å². The molecule has 0 amide bonds. The minimum Gasteiger partial charge on any atom is -0.461 e. The van der Waals surface area contributed by atoms with E-state index in [-0.39, 0.29) is 5.97 Å². The number of thiazole rings is 1. The number of aryl methyl sites for hydroxylation is 1. The van der Waals surface area contributed by atoms with Crippen LogP contribution < -0.4 is 5.32 Å². The van der Waals surface area contributed by atoms with Crippen LogP contribution in [0.25, 0.3) is 0 Å². The molecule has 0 saturated heterocycles. The van der Waals surface area contributed by atoms with E-state index in [1.165, 1.54) is 11.3 Å². The van der Waals surface area contributed by atoms with Gasteiger partial charge in [-0.1, -0.05) is 0 Å². The van der Waals surface area contributed by atoms with Gasteiger partial charge in [-0.25, -0.2) is 14.8 Å². The normalized spacial score (nSPS) is 10.3. The third-order valence-electron chi connectivity index (χ3n) is 2.25. The number of nitrogens with one attached hydrogen (secondary N) is 2. The molecule has 0 saturated carbocycles. The summed E-state index contributed by atoms with van der Waals surface area (Å²) in [6.45, 7) is 4.57. The molecular formula is C11H14N4O2S. The Morgan fingerprint density at radius 2 is 2.44 bits per heavy atom. The van der Waals surface area contributed by atoms with Crippen LogP contribution in [0.1, 0.15) is 28.0 Å². The van der Waals surface area contributed by atoms with Crippen LogP contribution in [0, 0.1) is 6.92 Å². The maximum Gasteiger partial charge on any atom is 0.358 e. The molecule has 0 fully saturated rings. The monoisotopic (exact) mass is 266 g/mol. The SMILES string of the molecule is CCOC(=O)c1nc(NCc2cnc[nH]2)sc1C. The molecule has 2 aromatic heterocycles. The highest BCUT2D eigenvalue weighted by Crippen LogP contribution is 2.23. The predicted molar refractivity (Wildman–Crippen MR) is 68.7 cm³/mol.